The zero-order valence-corrected chi connectivity index (χ0v) is 34.1. The quantitative estimate of drug-likeness (QED) is 0.0210. The molecule has 0 fully saturated rings. The Kier molecular flexibility index (Phi) is 32.6. The van der Waals surface area contributed by atoms with Crippen LogP contribution in [0.1, 0.15) is 129 Å². The minimum Gasteiger partial charge on any atom is -0.756 e. The highest BCUT2D eigenvalue weighted by Crippen LogP contribution is 2.38. The molecule has 2 atom stereocenters. The first-order valence-corrected chi connectivity index (χ1v) is 21.1. The Labute approximate surface area is 317 Å². The van der Waals surface area contributed by atoms with Gasteiger partial charge in [0.05, 0.1) is 27.7 Å². The SMILES string of the molecule is CC/C=C\C/C=C\C/C=C\C/C=C\C/C=C\C/C=C\CCCCCCC(=O)OC(COC(=O)CCCCCCC)COP(=O)([O-])OCC[N+](C)(C)C. The first-order valence-electron chi connectivity index (χ1n) is 19.6. The monoisotopic (exact) mass is 749 g/mol. The number of nitrogens with zero attached hydrogens (tertiary/aromatic N) is 1. The molecule has 0 amide bonds. The maximum absolute atomic E-state index is 12.6. The number of hydrogen-bond donors (Lipinski definition) is 0. The largest absolute Gasteiger partial charge is 0.756 e. The second-order valence-electron chi connectivity index (χ2n) is 13.9. The zero-order chi connectivity index (χ0) is 38.6. The lowest BCUT2D eigenvalue weighted by atomic mass is 10.1. The highest BCUT2D eigenvalue weighted by atomic mass is 31.2. The van der Waals surface area contributed by atoms with Gasteiger partial charge in [0.25, 0.3) is 7.82 Å². The Hall–Kier alpha value is -2.55. The maximum atomic E-state index is 12.6. The molecule has 0 heterocycles. The van der Waals surface area contributed by atoms with Crippen molar-refractivity contribution in [2.45, 2.75) is 136 Å². The van der Waals surface area contributed by atoms with Gasteiger partial charge in [-0.05, 0) is 64.2 Å². The van der Waals surface area contributed by atoms with Crippen LogP contribution in [-0.2, 0) is 32.7 Å². The summed E-state index contributed by atoms with van der Waals surface area (Å²) in [5.74, 6) is -0.887. The molecule has 0 radical (unpaired) electrons. The Bertz CT molecular complexity index is 1120. The van der Waals surface area contributed by atoms with Crippen molar-refractivity contribution in [2.24, 2.45) is 0 Å². The third-order valence-electron chi connectivity index (χ3n) is 7.74. The number of rotatable bonds is 34. The number of carbonyl (C=O) groups excluding carboxylic acids is 2. The van der Waals surface area contributed by atoms with Crippen LogP contribution in [0.5, 0.6) is 0 Å². The molecule has 0 aromatic rings. The van der Waals surface area contributed by atoms with Gasteiger partial charge >= 0.3 is 11.9 Å². The van der Waals surface area contributed by atoms with Crippen LogP contribution in [0.15, 0.2) is 72.9 Å². The number of carbonyl (C=O) groups is 2. The van der Waals surface area contributed by atoms with E-state index in [1.165, 1.54) is 0 Å². The third kappa shape index (κ3) is 37.2. The van der Waals surface area contributed by atoms with Crippen molar-refractivity contribution in [1.82, 2.24) is 0 Å². The van der Waals surface area contributed by atoms with E-state index < -0.39 is 32.5 Å². The van der Waals surface area contributed by atoms with Gasteiger partial charge in [-0.3, -0.25) is 14.2 Å². The number of quaternary nitrogens is 1. The number of allylic oxidation sites excluding steroid dienone is 12. The first kappa shape index (κ1) is 49.5. The highest BCUT2D eigenvalue weighted by Gasteiger charge is 2.21. The number of hydrogen-bond acceptors (Lipinski definition) is 8. The van der Waals surface area contributed by atoms with Crippen LogP contribution < -0.4 is 4.89 Å². The standard InChI is InChI=1S/C42H72NO8P/c1-6-8-10-12-13-14-15-16-17-18-19-20-21-22-23-24-25-26-27-28-29-31-33-35-42(45)51-40(38-48-41(44)34-32-30-11-9-7-2)39-50-52(46,47)49-37-36-43(3,4)5/h8,10,13-14,16-17,19-20,22-23,25-26,40H,6-7,9,11-12,15,18,21,24,27-39H2,1-5H3/b10-8-,14-13-,17-16-,20-19-,23-22-,26-25-. The summed E-state index contributed by atoms with van der Waals surface area (Å²) in [6.45, 7) is 3.94. The van der Waals surface area contributed by atoms with E-state index >= 15 is 0 Å². The van der Waals surface area contributed by atoms with Crippen LogP contribution in [0.4, 0.5) is 0 Å². The molecule has 0 spiro atoms. The Morgan fingerprint density at radius 1 is 0.615 bits per heavy atom. The van der Waals surface area contributed by atoms with Gasteiger partial charge in [0.2, 0.25) is 0 Å². The molecule has 10 heteroatoms. The molecule has 0 aromatic carbocycles. The van der Waals surface area contributed by atoms with Gasteiger partial charge in [-0.1, -0.05) is 125 Å². The van der Waals surface area contributed by atoms with Crippen LogP contribution in [-0.4, -0.2) is 70.0 Å². The summed E-state index contributed by atoms with van der Waals surface area (Å²) < 4.78 is 33.5. The predicted molar refractivity (Wildman–Crippen MR) is 213 cm³/mol. The predicted octanol–water partition coefficient (Wildman–Crippen LogP) is 10.0. The van der Waals surface area contributed by atoms with Gasteiger partial charge in [0.1, 0.15) is 19.8 Å². The van der Waals surface area contributed by atoms with Crippen LogP contribution >= 0.6 is 7.82 Å². The van der Waals surface area contributed by atoms with Crippen LogP contribution in [0, 0.1) is 0 Å². The van der Waals surface area contributed by atoms with Gasteiger partial charge in [0.15, 0.2) is 6.10 Å². The smallest absolute Gasteiger partial charge is 0.306 e. The third-order valence-corrected chi connectivity index (χ3v) is 8.71. The van der Waals surface area contributed by atoms with Gasteiger partial charge in [-0.15, -0.1) is 0 Å². The van der Waals surface area contributed by atoms with Crippen LogP contribution in [0.25, 0.3) is 0 Å². The summed E-state index contributed by atoms with van der Waals surface area (Å²) in [5, 5.41) is 0. The van der Waals surface area contributed by atoms with E-state index in [1.807, 2.05) is 21.1 Å². The lowest BCUT2D eigenvalue weighted by Gasteiger charge is -2.28. The van der Waals surface area contributed by atoms with Crippen molar-refractivity contribution >= 4 is 19.8 Å². The molecule has 0 N–H and O–H groups in total. The normalized spacial score (nSPS) is 14.5. The topological polar surface area (TPSA) is 111 Å². The van der Waals surface area contributed by atoms with E-state index in [-0.39, 0.29) is 26.1 Å². The molecule has 0 aliphatic heterocycles. The number of phosphoric acid groups is 1. The Balaban J connectivity index is 4.31. The number of esters is 2. The van der Waals surface area contributed by atoms with Crippen molar-refractivity contribution in [2.75, 3.05) is 47.5 Å². The second-order valence-corrected chi connectivity index (χ2v) is 15.3. The summed E-state index contributed by atoms with van der Waals surface area (Å²) in [6.07, 6.45) is 41.2. The number of ether oxygens (including phenoxy) is 2. The summed E-state index contributed by atoms with van der Waals surface area (Å²) in [4.78, 5) is 37.1. The highest BCUT2D eigenvalue weighted by molar-refractivity contribution is 7.45. The number of phosphoric ester groups is 1. The van der Waals surface area contributed by atoms with Crippen molar-refractivity contribution in [3.05, 3.63) is 72.9 Å². The molecule has 2 unspecified atom stereocenters. The molecule has 52 heavy (non-hydrogen) atoms. The Morgan fingerprint density at radius 3 is 1.62 bits per heavy atom. The van der Waals surface area contributed by atoms with Crippen molar-refractivity contribution in [3.8, 4) is 0 Å². The zero-order valence-electron chi connectivity index (χ0n) is 33.2. The van der Waals surface area contributed by atoms with Gasteiger partial charge in [-0.25, -0.2) is 0 Å². The van der Waals surface area contributed by atoms with Crippen LogP contribution in [0.2, 0.25) is 0 Å². The molecule has 298 valence electrons. The minimum absolute atomic E-state index is 0.0398. The molecule has 9 nitrogen and oxygen atoms in total. The lowest BCUT2D eigenvalue weighted by Crippen LogP contribution is -2.37. The average molecular weight is 750 g/mol. The summed E-state index contributed by atoms with van der Waals surface area (Å²) in [6, 6.07) is 0. The van der Waals surface area contributed by atoms with Crippen molar-refractivity contribution in [3.63, 3.8) is 0 Å². The van der Waals surface area contributed by atoms with E-state index in [9.17, 15) is 19.0 Å². The van der Waals surface area contributed by atoms with Gasteiger partial charge in [0, 0.05) is 12.8 Å². The van der Waals surface area contributed by atoms with Crippen molar-refractivity contribution in [1.29, 1.82) is 0 Å². The molecule has 0 saturated heterocycles. The van der Waals surface area contributed by atoms with E-state index in [2.05, 4.69) is 86.8 Å². The fourth-order valence-corrected chi connectivity index (χ4v) is 5.38. The number of likely N-dealkylation sites (N-methyl/N-ethyl adjacent to an activating group) is 1. The fraction of sp³-hybridized carbons (Fsp3) is 0.667. The molecular weight excluding hydrogens is 677 g/mol. The molecular formula is C42H72NO8P. The summed E-state index contributed by atoms with van der Waals surface area (Å²) in [7, 11) is 1.13. The molecule has 0 bridgehead atoms. The van der Waals surface area contributed by atoms with Gasteiger partial charge in [-0.2, -0.15) is 0 Å². The number of unbranched alkanes of at least 4 members (excludes halogenated alkanes) is 8. The van der Waals surface area contributed by atoms with E-state index in [1.54, 1.807) is 0 Å². The van der Waals surface area contributed by atoms with E-state index in [0.717, 1.165) is 96.3 Å². The van der Waals surface area contributed by atoms with Crippen molar-refractivity contribution < 1.29 is 42.1 Å². The molecule has 0 saturated carbocycles. The molecule has 0 aliphatic carbocycles. The average Bonchev–Trinajstić information content (AvgIpc) is 3.09. The Morgan fingerprint density at radius 2 is 1.10 bits per heavy atom. The van der Waals surface area contributed by atoms with Gasteiger partial charge < -0.3 is 27.9 Å². The van der Waals surface area contributed by atoms with E-state index in [0.29, 0.717) is 17.4 Å². The first-order chi connectivity index (χ1) is 25.0. The lowest BCUT2D eigenvalue weighted by molar-refractivity contribution is -0.870. The fourth-order valence-electron chi connectivity index (χ4n) is 4.65. The second kappa shape index (κ2) is 34.2. The molecule has 0 rings (SSSR count). The van der Waals surface area contributed by atoms with E-state index in [4.69, 9.17) is 18.5 Å². The molecule has 0 aliphatic rings. The van der Waals surface area contributed by atoms with Crippen LogP contribution in [0.3, 0.4) is 0 Å². The maximum Gasteiger partial charge on any atom is 0.306 e. The minimum atomic E-state index is -4.62. The summed E-state index contributed by atoms with van der Waals surface area (Å²) in [5.41, 5.74) is 0. The molecule has 0 aromatic heterocycles. The summed E-state index contributed by atoms with van der Waals surface area (Å²) >= 11 is 0.